The third kappa shape index (κ3) is 2.26. The number of para-hydroxylation sites is 2. The van der Waals surface area contributed by atoms with Gasteiger partial charge in [0.15, 0.2) is 0 Å². The van der Waals surface area contributed by atoms with Crippen LogP contribution in [0.5, 0.6) is 0 Å². The highest BCUT2D eigenvalue weighted by Crippen LogP contribution is 2.24. The van der Waals surface area contributed by atoms with Crippen LogP contribution in [-0.2, 0) is 0 Å². The van der Waals surface area contributed by atoms with E-state index < -0.39 is 0 Å². The van der Waals surface area contributed by atoms with Crippen molar-refractivity contribution in [3.05, 3.63) is 54.1 Å². The van der Waals surface area contributed by atoms with Gasteiger partial charge in [-0.2, -0.15) is 5.10 Å². The van der Waals surface area contributed by atoms with Gasteiger partial charge in [0.05, 0.1) is 23.8 Å². The molecule has 1 aliphatic heterocycles. The number of aliphatic imine (C=N–C) groups is 1. The van der Waals surface area contributed by atoms with Crippen LogP contribution in [0.15, 0.2) is 58.6 Å². The first kappa shape index (κ1) is 12.8. The highest BCUT2D eigenvalue weighted by Gasteiger charge is 2.07. The molecule has 0 aliphatic carbocycles. The SMILES string of the molecule is C(=N\NC1=NCCN1)/c1c2ccccc2nc2ccccc12. The zero-order valence-electron chi connectivity index (χ0n) is 12.0. The number of guanidine groups is 1. The van der Waals surface area contributed by atoms with Gasteiger partial charge < -0.3 is 5.32 Å². The first-order valence-corrected chi connectivity index (χ1v) is 7.27. The van der Waals surface area contributed by atoms with Gasteiger partial charge in [-0.15, -0.1) is 0 Å². The predicted octanol–water partition coefficient (Wildman–Crippen LogP) is 2.27. The Bertz CT molecular complexity index is 844. The van der Waals surface area contributed by atoms with Gasteiger partial charge in [0.25, 0.3) is 0 Å². The van der Waals surface area contributed by atoms with E-state index >= 15 is 0 Å². The lowest BCUT2D eigenvalue weighted by molar-refractivity contribution is 0.920. The van der Waals surface area contributed by atoms with Crippen LogP contribution in [0.2, 0.25) is 0 Å². The Balaban J connectivity index is 1.83. The van der Waals surface area contributed by atoms with Crippen molar-refractivity contribution < 1.29 is 0 Å². The number of nitrogens with one attached hydrogen (secondary N) is 2. The van der Waals surface area contributed by atoms with Crippen LogP contribution in [0.3, 0.4) is 0 Å². The lowest BCUT2D eigenvalue weighted by Gasteiger charge is -2.07. The van der Waals surface area contributed by atoms with Crippen molar-refractivity contribution in [2.45, 2.75) is 0 Å². The standard InChI is InChI=1S/C17H15N5/c1-3-7-15-12(5-1)14(11-20-22-17-18-9-10-19-17)13-6-2-4-8-16(13)21-15/h1-8,11H,9-10H2,(H2,18,19,22)/b20-11+. The molecule has 0 radical (unpaired) electrons. The number of aromatic nitrogens is 1. The van der Waals surface area contributed by atoms with E-state index in [1.165, 1.54) is 0 Å². The number of nitrogens with zero attached hydrogens (tertiary/aromatic N) is 3. The van der Waals surface area contributed by atoms with Gasteiger partial charge in [-0.25, -0.2) is 15.4 Å². The summed E-state index contributed by atoms with van der Waals surface area (Å²) in [7, 11) is 0. The fourth-order valence-corrected chi connectivity index (χ4v) is 2.64. The van der Waals surface area contributed by atoms with Crippen LogP contribution in [0.25, 0.3) is 21.8 Å². The van der Waals surface area contributed by atoms with Crippen molar-refractivity contribution in [2.24, 2.45) is 10.1 Å². The molecule has 4 rings (SSSR count). The van der Waals surface area contributed by atoms with Crippen molar-refractivity contribution in [3.8, 4) is 0 Å². The lowest BCUT2D eigenvalue weighted by Crippen LogP contribution is -2.30. The molecule has 0 saturated carbocycles. The Labute approximate surface area is 127 Å². The Morgan fingerprint density at radius 2 is 1.68 bits per heavy atom. The van der Waals surface area contributed by atoms with E-state index in [1.807, 2.05) is 42.6 Å². The molecule has 1 aromatic heterocycles. The first-order chi connectivity index (χ1) is 10.9. The Morgan fingerprint density at radius 3 is 2.32 bits per heavy atom. The molecule has 5 nitrogen and oxygen atoms in total. The summed E-state index contributed by atoms with van der Waals surface area (Å²) in [5.41, 5.74) is 5.95. The molecule has 0 amide bonds. The Morgan fingerprint density at radius 1 is 1.00 bits per heavy atom. The maximum Gasteiger partial charge on any atom is 0.212 e. The molecule has 0 saturated heterocycles. The zero-order valence-corrected chi connectivity index (χ0v) is 12.0. The van der Waals surface area contributed by atoms with Gasteiger partial charge in [-0.1, -0.05) is 36.4 Å². The summed E-state index contributed by atoms with van der Waals surface area (Å²) in [6.07, 6.45) is 1.84. The molecule has 1 aliphatic rings. The van der Waals surface area contributed by atoms with Crippen LogP contribution in [0.1, 0.15) is 5.56 Å². The number of hydrogen-bond donors (Lipinski definition) is 2. The lowest BCUT2D eigenvalue weighted by atomic mass is 10.0. The third-order valence-electron chi connectivity index (χ3n) is 3.67. The van der Waals surface area contributed by atoms with Crippen molar-refractivity contribution >= 4 is 34.0 Å². The summed E-state index contributed by atoms with van der Waals surface area (Å²) in [5.74, 6) is 0.721. The van der Waals surface area contributed by atoms with E-state index in [4.69, 9.17) is 4.98 Å². The van der Waals surface area contributed by atoms with E-state index in [0.29, 0.717) is 0 Å². The van der Waals surface area contributed by atoms with E-state index in [2.05, 4.69) is 33.0 Å². The highest BCUT2D eigenvalue weighted by molar-refractivity contribution is 6.10. The van der Waals surface area contributed by atoms with Crippen LogP contribution in [0, 0.1) is 0 Å². The molecule has 2 N–H and O–H groups in total. The molecule has 0 bridgehead atoms. The van der Waals surface area contributed by atoms with Crippen molar-refractivity contribution in [3.63, 3.8) is 0 Å². The molecule has 0 atom stereocenters. The summed E-state index contributed by atoms with van der Waals surface area (Å²) in [5, 5.41) is 9.64. The van der Waals surface area contributed by atoms with Crippen LogP contribution in [0.4, 0.5) is 0 Å². The third-order valence-corrected chi connectivity index (χ3v) is 3.67. The fraction of sp³-hybridized carbons (Fsp3) is 0.118. The summed E-state index contributed by atoms with van der Waals surface area (Å²) in [6.45, 7) is 1.65. The van der Waals surface area contributed by atoms with Crippen molar-refractivity contribution in [1.82, 2.24) is 15.7 Å². The number of hydrogen-bond acceptors (Lipinski definition) is 5. The number of pyridine rings is 1. The molecule has 2 aromatic carbocycles. The van der Waals surface area contributed by atoms with Gasteiger partial charge in [0.2, 0.25) is 5.96 Å². The van der Waals surface area contributed by atoms with E-state index in [1.54, 1.807) is 0 Å². The van der Waals surface area contributed by atoms with E-state index in [0.717, 1.165) is 46.4 Å². The molecule has 0 fully saturated rings. The number of benzene rings is 2. The van der Waals surface area contributed by atoms with Gasteiger partial charge >= 0.3 is 0 Å². The normalized spacial score (nSPS) is 14.5. The molecule has 5 heteroatoms. The topological polar surface area (TPSA) is 61.7 Å². The van der Waals surface area contributed by atoms with Gasteiger partial charge in [-0.3, -0.25) is 0 Å². The second-order valence-corrected chi connectivity index (χ2v) is 5.09. The van der Waals surface area contributed by atoms with Gasteiger partial charge in [-0.05, 0) is 12.1 Å². The summed E-state index contributed by atoms with van der Waals surface area (Å²) in [6, 6.07) is 16.2. The zero-order chi connectivity index (χ0) is 14.8. The van der Waals surface area contributed by atoms with Gasteiger partial charge in [0.1, 0.15) is 0 Å². The van der Waals surface area contributed by atoms with Crippen molar-refractivity contribution in [2.75, 3.05) is 13.1 Å². The molecular weight excluding hydrogens is 274 g/mol. The van der Waals surface area contributed by atoms with Crippen LogP contribution < -0.4 is 10.7 Å². The second kappa shape index (κ2) is 5.44. The number of fused-ring (bicyclic) bond motifs is 2. The second-order valence-electron chi connectivity index (χ2n) is 5.09. The maximum absolute atomic E-state index is 4.71. The first-order valence-electron chi connectivity index (χ1n) is 7.27. The fourth-order valence-electron chi connectivity index (χ4n) is 2.64. The van der Waals surface area contributed by atoms with Crippen LogP contribution >= 0.6 is 0 Å². The monoisotopic (exact) mass is 289 g/mol. The maximum atomic E-state index is 4.71. The molecule has 22 heavy (non-hydrogen) atoms. The van der Waals surface area contributed by atoms with Crippen molar-refractivity contribution in [1.29, 1.82) is 0 Å². The highest BCUT2D eigenvalue weighted by atomic mass is 15.4. The van der Waals surface area contributed by atoms with Crippen LogP contribution in [-0.4, -0.2) is 30.2 Å². The minimum absolute atomic E-state index is 0.721. The summed E-state index contributed by atoms with van der Waals surface area (Å²) >= 11 is 0. The molecule has 108 valence electrons. The molecular formula is C17H15N5. The number of rotatable bonds is 2. The molecule has 0 unspecified atom stereocenters. The molecule has 2 heterocycles. The van der Waals surface area contributed by atoms with Gasteiger partial charge in [0, 0.05) is 22.9 Å². The largest absolute Gasteiger partial charge is 0.353 e. The van der Waals surface area contributed by atoms with E-state index in [-0.39, 0.29) is 0 Å². The quantitative estimate of drug-likeness (QED) is 0.432. The summed E-state index contributed by atoms with van der Waals surface area (Å²) in [4.78, 5) is 8.97. The predicted molar refractivity (Wildman–Crippen MR) is 90.3 cm³/mol. The summed E-state index contributed by atoms with van der Waals surface area (Å²) < 4.78 is 0. The molecule has 0 spiro atoms. The minimum atomic E-state index is 0.721. The molecule has 3 aromatic rings. The van der Waals surface area contributed by atoms with E-state index in [9.17, 15) is 0 Å². The Hall–Kier alpha value is -2.95. The minimum Gasteiger partial charge on any atom is -0.353 e. The smallest absolute Gasteiger partial charge is 0.212 e. The average molecular weight is 289 g/mol. The Kier molecular flexibility index (Phi) is 3.16. The number of hydrazone groups is 1. The average Bonchev–Trinajstić information content (AvgIpc) is 3.07.